The van der Waals surface area contributed by atoms with Crippen LogP contribution >= 0.6 is 11.3 Å². The van der Waals surface area contributed by atoms with E-state index in [0.29, 0.717) is 11.4 Å². The minimum absolute atomic E-state index is 0.195. The highest BCUT2D eigenvalue weighted by molar-refractivity contribution is 7.94. The van der Waals surface area contributed by atoms with E-state index in [4.69, 9.17) is 4.74 Å². The van der Waals surface area contributed by atoms with E-state index < -0.39 is 21.8 Å². The average molecular weight is 460 g/mol. The molecule has 3 aromatic rings. The number of ether oxygens (including phenoxy) is 1. The summed E-state index contributed by atoms with van der Waals surface area (Å²) in [5.74, 6) is -0.478. The Balaban J connectivity index is 1.49. The van der Waals surface area contributed by atoms with Gasteiger partial charge in [0, 0.05) is 11.3 Å². The summed E-state index contributed by atoms with van der Waals surface area (Å²) in [6, 6.07) is 14.6. The lowest BCUT2D eigenvalue weighted by atomic mass is 10.1. The monoisotopic (exact) mass is 459 g/mol. The second-order valence-electron chi connectivity index (χ2n) is 6.67. The van der Waals surface area contributed by atoms with Crippen LogP contribution in [0.2, 0.25) is 0 Å². The third-order valence-electron chi connectivity index (χ3n) is 4.16. The highest BCUT2D eigenvalue weighted by atomic mass is 32.2. The number of thiophene rings is 1. The van der Waals surface area contributed by atoms with Gasteiger partial charge in [0.05, 0.1) is 0 Å². The maximum atomic E-state index is 12.2. The first-order valence-corrected chi connectivity index (χ1v) is 11.6. The van der Waals surface area contributed by atoms with Crippen molar-refractivity contribution in [3.63, 3.8) is 0 Å². The van der Waals surface area contributed by atoms with Gasteiger partial charge in [-0.2, -0.15) is 0 Å². The Morgan fingerprint density at radius 1 is 1.00 bits per heavy atom. The lowest BCUT2D eigenvalue weighted by Crippen LogP contribution is -2.43. The number of benzene rings is 2. The topological polar surface area (TPSA) is 114 Å². The van der Waals surface area contributed by atoms with Crippen molar-refractivity contribution >= 4 is 38.9 Å². The minimum atomic E-state index is -3.66. The minimum Gasteiger partial charge on any atom is -0.483 e. The molecule has 10 heteroatoms. The molecule has 0 atom stereocenters. The summed E-state index contributed by atoms with van der Waals surface area (Å²) in [5, 5.41) is 1.67. The van der Waals surface area contributed by atoms with E-state index >= 15 is 0 Å². The van der Waals surface area contributed by atoms with Crippen LogP contribution < -0.4 is 20.3 Å². The predicted molar refractivity (Wildman–Crippen MR) is 119 cm³/mol. The number of hydrazine groups is 1. The number of carbonyl (C=O) groups excluding carboxylic acids is 2. The average Bonchev–Trinajstić information content (AvgIpc) is 3.28. The zero-order valence-corrected chi connectivity index (χ0v) is 18.5. The van der Waals surface area contributed by atoms with Gasteiger partial charge in [-0.1, -0.05) is 23.8 Å². The van der Waals surface area contributed by atoms with Crippen molar-refractivity contribution in [3.05, 3.63) is 76.7 Å². The maximum Gasteiger partial charge on any atom is 0.276 e. The van der Waals surface area contributed by atoms with Crippen LogP contribution in [0, 0.1) is 13.8 Å². The van der Waals surface area contributed by atoms with Gasteiger partial charge in [-0.3, -0.25) is 25.2 Å². The van der Waals surface area contributed by atoms with E-state index in [1.807, 2.05) is 26.0 Å². The lowest BCUT2D eigenvalue weighted by Gasteiger charge is -2.11. The summed E-state index contributed by atoms with van der Waals surface area (Å²) < 4.78 is 32.5. The van der Waals surface area contributed by atoms with Gasteiger partial charge in [-0.25, -0.2) is 8.42 Å². The molecular formula is C21H21N3O5S2. The van der Waals surface area contributed by atoms with Gasteiger partial charge in [0.2, 0.25) is 0 Å². The van der Waals surface area contributed by atoms with E-state index in [2.05, 4.69) is 15.6 Å². The number of carbonyl (C=O) groups is 2. The van der Waals surface area contributed by atoms with Crippen molar-refractivity contribution in [1.29, 1.82) is 0 Å². The molecule has 3 N–H and O–H groups in total. The summed E-state index contributed by atoms with van der Waals surface area (Å²) >= 11 is 1.11. The molecule has 0 saturated carbocycles. The van der Waals surface area contributed by atoms with Crippen molar-refractivity contribution in [3.8, 4) is 5.75 Å². The van der Waals surface area contributed by atoms with Crippen molar-refractivity contribution in [1.82, 2.24) is 10.9 Å². The Hall–Kier alpha value is -3.37. The van der Waals surface area contributed by atoms with Crippen molar-refractivity contribution < 1.29 is 22.7 Å². The molecule has 1 heterocycles. The molecule has 1 aromatic heterocycles. The molecular weight excluding hydrogens is 438 g/mol. The number of amides is 2. The zero-order valence-electron chi connectivity index (χ0n) is 16.8. The number of hydrogen-bond acceptors (Lipinski definition) is 6. The third-order valence-corrected chi connectivity index (χ3v) is 6.94. The van der Waals surface area contributed by atoms with Crippen LogP contribution in [0.5, 0.6) is 5.75 Å². The van der Waals surface area contributed by atoms with Crippen LogP contribution in [0.1, 0.15) is 21.5 Å². The van der Waals surface area contributed by atoms with Crippen molar-refractivity contribution in [2.24, 2.45) is 0 Å². The highest BCUT2D eigenvalue weighted by Crippen LogP contribution is 2.20. The van der Waals surface area contributed by atoms with Crippen LogP contribution in [-0.4, -0.2) is 26.8 Å². The largest absolute Gasteiger partial charge is 0.483 e. The lowest BCUT2D eigenvalue weighted by molar-refractivity contribution is -0.123. The van der Waals surface area contributed by atoms with E-state index in [-0.39, 0.29) is 16.4 Å². The smallest absolute Gasteiger partial charge is 0.276 e. The number of sulfonamides is 1. The SMILES string of the molecule is Cc1ccc(OCC(=O)NNC(=O)c2ccc(NS(=O)(=O)c3cccs3)cc2)c(C)c1. The van der Waals surface area contributed by atoms with Gasteiger partial charge in [-0.05, 0) is 61.2 Å². The molecule has 0 radical (unpaired) electrons. The van der Waals surface area contributed by atoms with Gasteiger partial charge in [0.15, 0.2) is 6.61 Å². The maximum absolute atomic E-state index is 12.2. The van der Waals surface area contributed by atoms with Gasteiger partial charge in [-0.15, -0.1) is 11.3 Å². The van der Waals surface area contributed by atoms with Crippen molar-refractivity contribution in [2.45, 2.75) is 18.1 Å². The Morgan fingerprint density at radius 3 is 2.39 bits per heavy atom. The summed E-state index contributed by atoms with van der Waals surface area (Å²) in [6.07, 6.45) is 0. The third kappa shape index (κ3) is 6.06. The van der Waals surface area contributed by atoms with Gasteiger partial charge in [0.1, 0.15) is 9.96 Å². The Bertz CT molecular complexity index is 1170. The molecule has 2 aromatic carbocycles. The molecule has 0 aliphatic rings. The quantitative estimate of drug-likeness (QED) is 0.470. The van der Waals surface area contributed by atoms with Gasteiger partial charge >= 0.3 is 0 Å². The number of nitrogens with one attached hydrogen (secondary N) is 3. The van der Waals surface area contributed by atoms with Gasteiger partial charge in [0.25, 0.3) is 21.8 Å². The highest BCUT2D eigenvalue weighted by Gasteiger charge is 2.15. The standard InChI is InChI=1S/C21H21N3O5S2/c1-14-5-10-18(15(2)12-14)29-13-19(25)22-23-21(26)16-6-8-17(9-7-16)24-31(27,28)20-4-3-11-30-20/h3-12,24H,13H2,1-2H3,(H,22,25)(H,23,26). The summed E-state index contributed by atoms with van der Waals surface area (Å²) in [5.41, 5.74) is 7.13. The molecule has 0 bridgehead atoms. The Morgan fingerprint density at radius 2 is 1.74 bits per heavy atom. The van der Waals surface area contributed by atoms with Crippen LogP contribution in [0.3, 0.4) is 0 Å². The molecule has 0 fully saturated rings. The first kappa shape index (κ1) is 22.3. The summed E-state index contributed by atoms with van der Waals surface area (Å²) in [7, 11) is -3.66. The summed E-state index contributed by atoms with van der Waals surface area (Å²) in [4.78, 5) is 24.1. The van der Waals surface area contributed by atoms with Crippen LogP contribution in [0.25, 0.3) is 0 Å². The van der Waals surface area contributed by atoms with Crippen LogP contribution in [-0.2, 0) is 14.8 Å². The van der Waals surface area contributed by atoms with Crippen LogP contribution in [0.15, 0.2) is 64.2 Å². The fourth-order valence-electron chi connectivity index (χ4n) is 2.65. The van der Waals surface area contributed by atoms with E-state index in [9.17, 15) is 18.0 Å². The molecule has 162 valence electrons. The first-order chi connectivity index (χ1) is 14.7. The second-order valence-corrected chi connectivity index (χ2v) is 9.53. The Kier molecular flexibility index (Phi) is 6.93. The Labute approximate surface area is 184 Å². The van der Waals surface area contributed by atoms with E-state index in [1.54, 1.807) is 17.5 Å². The predicted octanol–water partition coefficient (Wildman–Crippen LogP) is 3.01. The normalized spacial score (nSPS) is 10.9. The molecule has 0 aliphatic heterocycles. The molecule has 0 saturated heterocycles. The molecule has 3 rings (SSSR count). The molecule has 0 unspecified atom stereocenters. The number of rotatable bonds is 7. The van der Waals surface area contributed by atoms with E-state index in [1.165, 1.54) is 30.3 Å². The number of anilines is 1. The molecule has 0 spiro atoms. The fraction of sp³-hybridized carbons (Fsp3) is 0.143. The van der Waals surface area contributed by atoms with Crippen LogP contribution in [0.4, 0.5) is 5.69 Å². The summed E-state index contributed by atoms with van der Waals surface area (Å²) in [6.45, 7) is 3.59. The van der Waals surface area contributed by atoms with E-state index in [0.717, 1.165) is 22.5 Å². The molecule has 8 nitrogen and oxygen atoms in total. The fourth-order valence-corrected chi connectivity index (χ4v) is 4.70. The molecule has 2 amide bonds. The molecule has 0 aliphatic carbocycles. The zero-order chi connectivity index (χ0) is 22.4. The molecule has 31 heavy (non-hydrogen) atoms. The number of aryl methyl sites for hydroxylation is 2. The first-order valence-electron chi connectivity index (χ1n) is 9.20. The number of hydrogen-bond donors (Lipinski definition) is 3. The van der Waals surface area contributed by atoms with Gasteiger partial charge < -0.3 is 4.74 Å². The van der Waals surface area contributed by atoms with Crippen molar-refractivity contribution in [2.75, 3.05) is 11.3 Å². The second kappa shape index (κ2) is 9.63.